The van der Waals surface area contributed by atoms with Gasteiger partial charge in [-0.05, 0) is 13.0 Å². The molecule has 0 aliphatic heterocycles. The molecule has 7 N–H and O–H groups in total. The molecule has 0 aromatic carbocycles. The van der Waals surface area contributed by atoms with Crippen molar-refractivity contribution in [2.75, 3.05) is 6.54 Å². The van der Waals surface area contributed by atoms with Gasteiger partial charge in [0.05, 0.1) is 0 Å². The molecule has 0 radical (unpaired) electrons. The average Bonchev–Trinajstić information content (AvgIpc) is 1.95. The van der Waals surface area contributed by atoms with Crippen molar-refractivity contribution in [1.29, 1.82) is 0 Å². The predicted octanol–water partition coefficient (Wildman–Crippen LogP) is -7.27. The van der Waals surface area contributed by atoms with Crippen LogP contribution in [0.25, 0.3) is 0 Å². The van der Waals surface area contributed by atoms with Crippen LogP contribution in [0.2, 0.25) is 0 Å². The Morgan fingerprint density at radius 1 is 1.00 bits per heavy atom. The van der Waals surface area contributed by atoms with E-state index < -0.39 is 26.7 Å². The summed E-state index contributed by atoms with van der Waals surface area (Å²) in [5, 5.41) is 5.91. The molecule has 12 heteroatoms. The van der Waals surface area contributed by atoms with Gasteiger partial charge in [0.25, 0.3) is 5.08 Å². The van der Waals surface area contributed by atoms with Gasteiger partial charge < -0.3 is 30.4 Å². The molecule has 0 aromatic rings. The van der Waals surface area contributed by atoms with Crippen molar-refractivity contribution >= 4 is 15.2 Å². The molecule has 0 atom stereocenters. The summed E-state index contributed by atoms with van der Waals surface area (Å²) in [7, 11) is -10.6. The molecule has 0 bridgehead atoms. The van der Waals surface area contributed by atoms with Gasteiger partial charge in [0.2, 0.25) is 0 Å². The monoisotopic (exact) mass is 295 g/mol. The number of hydrogen-bond acceptors (Lipinski definition) is 4. The van der Waals surface area contributed by atoms with Gasteiger partial charge in [-0.1, -0.05) is 0 Å². The molecular formula is C4H13NNa2O7P2+2. The molecule has 0 aliphatic carbocycles. The average molecular weight is 295 g/mol. The third-order valence-corrected chi connectivity index (χ3v) is 5.53. The van der Waals surface area contributed by atoms with Crippen molar-refractivity contribution in [3.63, 3.8) is 0 Å². The minimum Gasteiger partial charge on any atom is -0.368 e. The molecule has 16 heavy (non-hydrogen) atoms. The van der Waals surface area contributed by atoms with E-state index in [4.69, 9.17) is 25.3 Å². The van der Waals surface area contributed by atoms with E-state index in [9.17, 15) is 14.2 Å². The minimum absolute atomic E-state index is 0. The molecular weight excluding hydrogens is 282 g/mol. The van der Waals surface area contributed by atoms with Crippen molar-refractivity contribution in [3.8, 4) is 0 Å². The van der Waals surface area contributed by atoms with Gasteiger partial charge in [-0.15, -0.1) is 0 Å². The summed E-state index contributed by atoms with van der Waals surface area (Å²) in [5.74, 6) is 0. The van der Waals surface area contributed by atoms with E-state index in [0.717, 1.165) is 0 Å². The van der Waals surface area contributed by atoms with Crippen molar-refractivity contribution in [2.24, 2.45) is 5.73 Å². The maximum absolute atomic E-state index is 10.7. The zero-order valence-electron chi connectivity index (χ0n) is 9.15. The molecule has 0 heterocycles. The zero-order chi connectivity index (χ0) is 11.6. The smallest absolute Gasteiger partial charge is 0.368 e. The van der Waals surface area contributed by atoms with E-state index in [-0.39, 0.29) is 72.1 Å². The van der Waals surface area contributed by atoms with E-state index in [1.165, 1.54) is 0 Å². The van der Waals surface area contributed by atoms with Crippen molar-refractivity contribution in [2.45, 2.75) is 17.9 Å². The molecule has 0 unspecified atom stereocenters. The Bertz CT molecular complexity index is 266. The molecule has 0 amide bonds. The summed E-state index contributed by atoms with van der Waals surface area (Å²) in [6.07, 6.45) is -0.856. The Morgan fingerprint density at radius 3 is 1.50 bits per heavy atom. The molecule has 0 spiro atoms. The van der Waals surface area contributed by atoms with Crippen LogP contribution in [-0.4, -0.2) is 36.3 Å². The molecule has 0 saturated carbocycles. The zero-order valence-corrected chi connectivity index (χ0v) is 14.9. The van der Waals surface area contributed by atoms with Crippen LogP contribution < -0.4 is 64.8 Å². The second-order valence-electron chi connectivity index (χ2n) is 2.75. The molecule has 8 nitrogen and oxygen atoms in total. The molecule has 0 fully saturated rings. The first-order valence-corrected chi connectivity index (χ1v) is 6.82. The van der Waals surface area contributed by atoms with E-state index >= 15 is 0 Å². The Balaban J connectivity index is -0.000000845. The third-order valence-electron chi connectivity index (χ3n) is 1.65. The fraction of sp³-hybridized carbons (Fsp3) is 1.00. The van der Waals surface area contributed by atoms with E-state index in [2.05, 4.69) is 0 Å². The summed E-state index contributed by atoms with van der Waals surface area (Å²) in [4.78, 5) is 34.5. The normalized spacial score (nSPS) is 12.6. The summed E-state index contributed by atoms with van der Waals surface area (Å²) < 4.78 is 21.4. The Hall–Kier alpha value is 2.22. The van der Waals surface area contributed by atoms with Crippen molar-refractivity contribution < 1.29 is 92.9 Å². The second-order valence-corrected chi connectivity index (χ2v) is 6.76. The SMILES string of the molecule is NCCCC(O)(P(=O)(O)O)P(=O)(O)O.[Na+].[Na+]. The first-order chi connectivity index (χ1) is 6.06. The van der Waals surface area contributed by atoms with Gasteiger partial charge in [0.1, 0.15) is 0 Å². The van der Waals surface area contributed by atoms with Gasteiger partial charge in [-0.25, -0.2) is 0 Å². The number of rotatable bonds is 5. The summed E-state index contributed by atoms with van der Waals surface area (Å²) in [5.41, 5.74) is 5.01. The number of nitrogens with two attached hydrogens (primary N) is 1. The van der Waals surface area contributed by atoms with Crippen LogP contribution in [0.5, 0.6) is 0 Å². The fourth-order valence-corrected chi connectivity index (χ4v) is 3.06. The molecule has 86 valence electrons. The Kier molecular flexibility index (Phi) is 12.2. The van der Waals surface area contributed by atoms with Crippen LogP contribution in [0.3, 0.4) is 0 Å². The summed E-state index contributed by atoms with van der Waals surface area (Å²) >= 11 is 0. The van der Waals surface area contributed by atoms with Gasteiger partial charge in [-0.2, -0.15) is 0 Å². The topological polar surface area (TPSA) is 161 Å². The summed E-state index contributed by atoms with van der Waals surface area (Å²) in [6, 6.07) is 0. The van der Waals surface area contributed by atoms with Crippen molar-refractivity contribution in [1.82, 2.24) is 0 Å². The largest absolute Gasteiger partial charge is 1.00 e. The third kappa shape index (κ3) is 5.91. The van der Waals surface area contributed by atoms with E-state index in [0.29, 0.717) is 0 Å². The second kappa shape index (κ2) is 8.40. The maximum atomic E-state index is 10.7. The Labute approximate surface area is 137 Å². The molecule has 0 rings (SSSR count). The first kappa shape index (κ1) is 23.3. The quantitative estimate of drug-likeness (QED) is 0.215. The maximum Gasteiger partial charge on any atom is 1.00 e. The fourth-order valence-electron chi connectivity index (χ4n) is 0.800. The van der Waals surface area contributed by atoms with Crippen LogP contribution in [0.1, 0.15) is 12.8 Å². The van der Waals surface area contributed by atoms with Crippen LogP contribution in [0.4, 0.5) is 0 Å². The van der Waals surface area contributed by atoms with E-state index in [1.54, 1.807) is 0 Å². The van der Waals surface area contributed by atoms with Crippen LogP contribution in [0, 0.1) is 0 Å². The number of aliphatic hydroxyl groups is 1. The van der Waals surface area contributed by atoms with Crippen LogP contribution in [0.15, 0.2) is 0 Å². The van der Waals surface area contributed by atoms with E-state index in [1.807, 2.05) is 0 Å². The van der Waals surface area contributed by atoms with Crippen LogP contribution in [-0.2, 0) is 9.13 Å². The van der Waals surface area contributed by atoms with Gasteiger partial charge in [0, 0.05) is 6.42 Å². The van der Waals surface area contributed by atoms with Gasteiger partial charge in [-0.3, -0.25) is 9.13 Å². The predicted molar refractivity (Wildman–Crippen MR) is 47.3 cm³/mol. The van der Waals surface area contributed by atoms with Crippen molar-refractivity contribution in [3.05, 3.63) is 0 Å². The summed E-state index contributed by atoms with van der Waals surface area (Å²) in [6.45, 7) is -0.0394. The molecule has 0 aliphatic rings. The number of hydrogen-bond donors (Lipinski definition) is 6. The minimum atomic E-state index is -5.30. The standard InChI is InChI=1S/C4H13NO7P2.2Na/c5-3-1-2-4(6,13(7,8)9)14(10,11)12;;/h6H,1-3,5H2,(H2,7,8,9)(H2,10,11,12);;/q;2*+1. The first-order valence-electron chi connectivity index (χ1n) is 3.60. The Morgan fingerprint density at radius 2 is 1.31 bits per heavy atom. The van der Waals surface area contributed by atoms with Gasteiger partial charge in [0.15, 0.2) is 0 Å². The van der Waals surface area contributed by atoms with Gasteiger partial charge >= 0.3 is 74.3 Å². The molecule has 0 saturated heterocycles. The van der Waals surface area contributed by atoms with Crippen LogP contribution >= 0.6 is 15.2 Å². The molecule has 0 aromatic heterocycles.